The fourth-order valence-corrected chi connectivity index (χ4v) is 3.18. The molecule has 1 aliphatic rings. The van der Waals surface area contributed by atoms with Crippen LogP contribution in [0.1, 0.15) is 23.0 Å². The molecule has 28 heavy (non-hydrogen) atoms. The lowest BCUT2D eigenvalue weighted by Gasteiger charge is -2.13. The van der Waals surface area contributed by atoms with Crippen LogP contribution in [0, 0.1) is 5.82 Å². The second kappa shape index (κ2) is 7.52. The maximum Gasteiger partial charge on any atom is 0.340 e. The molecular weight excluding hydrogens is 385 g/mol. The van der Waals surface area contributed by atoms with Gasteiger partial charge >= 0.3 is 5.97 Å². The first kappa shape index (κ1) is 18.3. The second-order valence-electron chi connectivity index (χ2n) is 6.04. The Bertz CT molecular complexity index is 1070. The molecule has 0 fully saturated rings. The molecule has 0 aliphatic carbocycles. The summed E-state index contributed by atoms with van der Waals surface area (Å²) < 4.78 is 25.2. The monoisotopic (exact) mass is 399 g/mol. The van der Waals surface area contributed by atoms with Gasteiger partial charge in [0.05, 0.1) is 30.0 Å². The van der Waals surface area contributed by atoms with E-state index < -0.39 is 11.8 Å². The number of aromatic nitrogens is 3. The Balaban J connectivity index is 1.93. The number of nitrogens with zero attached hydrogens (tertiary/aromatic N) is 3. The first-order valence-electron chi connectivity index (χ1n) is 8.69. The Morgan fingerprint density at radius 1 is 1.29 bits per heavy atom. The van der Waals surface area contributed by atoms with Crippen molar-refractivity contribution in [2.45, 2.75) is 13.3 Å². The Labute approximate surface area is 165 Å². The number of hydrogen-bond acceptors (Lipinski definition) is 6. The molecule has 0 atom stereocenters. The van der Waals surface area contributed by atoms with Gasteiger partial charge in [0.1, 0.15) is 11.5 Å². The topological polar surface area (TPSA) is 74.2 Å². The van der Waals surface area contributed by atoms with Crippen molar-refractivity contribution in [1.29, 1.82) is 0 Å². The SMILES string of the molecule is CCOC(=O)c1cnccc1-c1nc(-c2cc(Cl)ccc2F)nc2c1OCC2. The van der Waals surface area contributed by atoms with Gasteiger partial charge in [0, 0.05) is 29.4 Å². The van der Waals surface area contributed by atoms with E-state index in [0.717, 1.165) is 0 Å². The molecule has 8 heteroatoms. The molecule has 0 unspecified atom stereocenters. The lowest BCUT2D eigenvalue weighted by atomic mass is 10.0. The van der Waals surface area contributed by atoms with Gasteiger partial charge in [-0.05, 0) is 31.2 Å². The summed E-state index contributed by atoms with van der Waals surface area (Å²) in [5.74, 6) is -0.366. The Morgan fingerprint density at radius 2 is 2.14 bits per heavy atom. The second-order valence-corrected chi connectivity index (χ2v) is 6.47. The molecule has 0 bridgehead atoms. The number of carbonyl (C=O) groups excluding carboxylic acids is 1. The highest BCUT2D eigenvalue weighted by Gasteiger charge is 2.26. The summed E-state index contributed by atoms with van der Waals surface area (Å²) in [5.41, 5.74) is 1.94. The lowest BCUT2D eigenvalue weighted by Crippen LogP contribution is -2.08. The van der Waals surface area contributed by atoms with Gasteiger partial charge in [-0.15, -0.1) is 0 Å². The van der Waals surface area contributed by atoms with E-state index >= 15 is 0 Å². The van der Waals surface area contributed by atoms with Gasteiger partial charge in [0.2, 0.25) is 0 Å². The van der Waals surface area contributed by atoms with Crippen molar-refractivity contribution >= 4 is 17.6 Å². The van der Waals surface area contributed by atoms with E-state index in [4.69, 9.17) is 21.1 Å². The lowest BCUT2D eigenvalue weighted by molar-refractivity contribution is 0.0526. The average molecular weight is 400 g/mol. The van der Waals surface area contributed by atoms with Crippen LogP contribution >= 0.6 is 11.6 Å². The zero-order valence-electron chi connectivity index (χ0n) is 14.9. The first-order chi connectivity index (χ1) is 13.6. The van der Waals surface area contributed by atoms with E-state index in [9.17, 15) is 9.18 Å². The molecule has 1 aliphatic heterocycles. The minimum atomic E-state index is -0.522. The summed E-state index contributed by atoms with van der Waals surface area (Å²) in [6, 6.07) is 5.84. The predicted molar refractivity (Wildman–Crippen MR) is 101 cm³/mol. The predicted octanol–water partition coefficient (Wildman–Crippen LogP) is 4.11. The smallest absolute Gasteiger partial charge is 0.340 e. The zero-order valence-corrected chi connectivity index (χ0v) is 15.7. The molecule has 6 nitrogen and oxygen atoms in total. The highest BCUT2D eigenvalue weighted by Crippen LogP contribution is 2.38. The van der Waals surface area contributed by atoms with Gasteiger partial charge in [-0.3, -0.25) is 4.98 Å². The molecule has 4 rings (SSSR count). The summed E-state index contributed by atoms with van der Waals surface area (Å²) in [7, 11) is 0. The molecule has 142 valence electrons. The van der Waals surface area contributed by atoms with E-state index in [-0.39, 0.29) is 23.6 Å². The maximum absolute atomic E-state index is 14.4. The van der Waals surface area contributed by atoms with Gasteiger partial charge in [0.25, 0.3) is 0 Å². The van der Waals surface area contributed by atoms with Crippen LogP contribution in [-0.2, 0) is 11.2 Å². The normalized spacial score (nSPS) is 12.4. The third kappa shape index (κ3) is 3.29. The van der Waals surface area contributed by atoms with Gasteiger partial charge < -0.3 is 9.47 Å². The van der Waals surface area contributed by atoms with Crippen LogP contribution in [0.4, 0.5) is 4.39 Å². The Hall–Kier alpha value is -3.06. The van der Waals surface area contributed by atoms with Crippen molar-refractivity contribution in [3.8, 4) is 28.4 Å². The van der Waals surface area contributed by atoms with Crippen LogP contribution in [0.2, 0.25) is 5.02 Å². The van der Waals surface area contributed by atoms with Crippen molar-refractivity contribution < 1.29 is 18.7 Å². The molecule has 0 N–H and O–H groups in total. The molecule has 1 aromatic carbocycles. The Kier molecular flexibility index (Phi) is 4.92. The Morgan fingerprint density at radius 3 is 2.96 bits per heavy atom. The van der Waals surface area contributed by atoms with Crippen LogP contribution in [-0.4, -0.2) is 34.1 Å². The van der Waals surface area contributed by atoms with E-state index in [1.54, 1.807) is 19.2 Å². The third-order valence-corrected chi connectivity index (χ3v) is 4.50. The van der Waals surface area contributed by atoms with Crippen LogP contribution in [0.15, 0.2) is 36.7 Å². The van der Waals surface area contributed by atoms with E-state index in [1.807, 2.05) is 0 Å². The number of ether oxygens (including phenoxy) is 2. The zero-order chi connectivity index (χ0) is 19.7. The summed E-state index contributed by atoms with van der Waals surface area (Å²) >= 11 is 6.03. The van der Waals surface area contributed by atoms with Gasteiger partial charge in [0.15, 0.2) is 11.6 Å². The van der Waals surface area contributed by atoms with E-state index in [0.29, 0.717) is 40.8 Å². The van der Waals surface area contributed by atoms with E-state index in [2.05, 4.69) is 15.0 Å². The van der Waals surface area contributed by atoms with Crippen LogP contribution in [0.3, 0.4) is 0 Å². The molecule has 3 heterocycles. The first-order valence-corrected chi connectivity index (χ1v) is 9.07. The number of pyridine rings is 1. The molecule has 0 spiro atoms. The number of benzene rings is 1. The van der Waals surface area contributed by atoms with E-state index in [1.165, 1.54) is 24.4 Å². The number of carbonyl (C=O) groups is 1. The number of esters is 1. The minimum Gasteiger partial charge on any atom is -0.489 e. The number of fused-ring (bicyclic) bond motifs is 1. The molecule has 3 aromatic rings. The van der Waals surface area contributed by atoms with Crippen molar-refractivity contribution in [3.05, 3.63) is 58.8 Å². The van der Waals surface area contributed by atoms with Crippen molar-refractivity contribution in [2.24, 2.45) is 0 Å². The molecular formula is C20H15ClFN3O3. The van der Waals surface area contributed by atoms with Gasteiger partial charge in [-0.2, -0.15) is 0 Å². The molecule has 0 radical (unpaired) electrons. The van der Waals surface area contributed by atoms with Gasteiger partial charge in [-0.1, -0.05) is 11.6 Å². The number of rotatable bonds is 4. The summed E-state index contributed by atoms with van der Waals surface area (Å²) in [4.78, 5) is 25.4. The highest BCUT2D eigenvalue weighted by atomic mass is 35.5. The average Bonchev–Trinajstić information content (AvgIpc) is 3.18. The maximum atomic E-state index is 14.4. The van der Waals surface area contributed by atoms with Gasteiger partial charge in [-0.25, -0.2) is 19.2 Å². The highest BCUT2D eigenvalue weighted by molar-refractivity contribution is 6.30. The molecule has 0 saturated heterocycles. The number of hydrogen-bond donors (Lipinski definition) is 0. The standard InChI is InChI=1S/C20H15ClFN3O3/c1-2-27-20(26)14-10-23-7-5-12(14)17-18-16(6-8-28-18)24-19(25-17)13-9-11(21)3-4-15(13)22/h3-5,7,9-10H,2,6,8H2,1H3. The summed E-state index contributed by atoms with van der Waals surface area (Å²) in [5, 5.41) is 0.370. The summed E-state index contributed by atoms with van der Waals surface area (Å²) in [6.45, 7) is 2.38. The fourth-order valence-electron chi connectivity index (χ4n) is 3.01. The third-order valence-electron chi connectivity index (χ3n) is 4.26. The van der Waals surface area contributed by atoms with Crippen molar-refractivity contribution in [2.75, 3.05) is 13.2 Å². The van der Waals surface area contributed by atoms with Crippen LogP contribution in [0.5, 0.6) is 5.75 Å². The molecule has 0 saturated carbocycles. The molecule has 0 amide bonds. The van der Waals surface area contributed by atoms with Crippen LogP contribution in [0.25, 0.3) is 22.6 Å². The quantitative estimate of drug-likeness (QED) is 0.615. The van der Waals surface area contributed by atoms with Crippen molar-refractivity contribution in [1.82, 2.24) is 15.0 Å². The fraction of sp³-hybridized carbons (Fsp3) is 0.200. The van der Waals surface area contributed by atoms with Crippen LogP contribution < -0.4 is 4.74 Å². The molecule has 2 aromatic heterocycles. The summed E-state index contributed by atoms with van der Waals surface area (Å²) in [6.07, 6.45) is 3.51. The van der Waals surface area contributed by atoms with Crippen molar-refractivity contribution in [3.63, 3.8) is 0 Å². The largest absolute Gasteiger partial charge is 0.489 e. The minimum absolute atomic E-state index is 0.172. The number of halogens is 2.